The lowest BCUT2D eigenvalue weighted by molar-refractivity contribution is 0.435. The molecule has 112 valence electrons. The minimum atomic E-state index is 0.631. The molecular weight excluding hydrogens is 268 g/mol. The Bertz CT molecular complexity index is 739. The summed E-state index contributed by atoms with van der Waals surface area (Å²) in [6.45, 7) is 16.2. The van der Waals surface area contributed by atoms with Crippen LogP contribution in [0.2, 0.25) is 0 Å². The molecule has 0 bridgehead atoms. The molecule has 0 N–H and O–H groups in total. The van der Waals surface area contributed by atoms with E-state index in [-0.39, 0.29) is 0 Å². The van der Waals surface area contributed by atoms with Crippen LogP contribution in [0.15, 0.2) is 55.4 Å². The molecular formula is C21H22O. The average Bonchev–Trinajstić information content (AvgIpc) is 3.34. The monoisotopic (exact) mass is 290 g/mol. The lowest BCUT2D eigenvalue weighted by Gasteiger charge is -2.18. The molecule has 0 aliphatic heterocycles. The summed E-state index contributed by atoms with van der Waals surface area (Å²) in [7, 11) is 0. The van der Waals surface area contributed by atoms with Crippen LogP contribution in [0.4, 0.5) is 0 Å². The minimum absolute atomic E-state index is 0.631. The summed E-state index contributed by atoms with van der Waals surface area (Å²) in [5, 5.41) is 0. The van der Waals surface area contributed by atoms with E-state index in [0.717, 1.165) is 22.5 Å². The van der Waals surface area contributed by atoms with Crippen molar-refractivity contribution >= 4 is 17.4 Å². The van der Waals surface area contributed by atoms with E-state index in [1.165, 1.54) is 41.4 Å². The van der Waals surface area contributed by atoms with Crippen molar-refractivity contribution in [3.63, 3.8) is 0 Å². The molecule has 22 heavy (non-hydrogen) atoms. The Morgan fingerprint density at radius 3 is 2.50 bits per heavy atom. The van der Waals surface area contributed by atoms with Gasteiger partial charge in [-0.1, -0.05) is 44.0 Å². The molecule has 3 rings (SSSR count). The molecule has 2 aliphatic carbocycles. The molecule has 1 fully saturated rings. The van der Waals surface area contributed by atoms with Gasteiger partial charge in [0.1, 0.15) is 5.76 Å². The van der Waals surface area contributed by atoms with Gasteiger partial charge in [-0.2, -0.15) is 0 Å². The van der Waals surface area contributed by atoms with Gasteiger partial charge >= 0.3 is 0 Å². The molecule has 1 aromatic carbocycles. The number of benzene rings is 1. The fourth-order valence-electron chi connectivity index (χ4n) is 3.15. The summed E-state index contributed by atoms with van der Waals surface area (Å²) >= 11 is 0. The Balaban J connectivity index is 2.36. The molecule has 0 heterocycles. The van der Waals surface area contributed by atoms with E-state index in [0.29, 0.717) is 5.92 Å². The Labute approximate surface area is 133 Å². The molecule has 0 saturated heterocycles. The van der Waals surface area contributed by atoms with Gasteiger partial charge in [-0.3, -0.25) is 0 Å². The topological polar surface area (TPSA) is 9.23 Å². The van der Waals surface area contributed by atoms with E-state index >= 15 is 0 Å². The van der Waals surface area contributed by atoms with Crippen molar-refractivity contribution in [2.24, 2.45) is 5.92 Å². The van der Waals surface area contributed by atoms with Crippen molar-refractivity contribution < 1.29 is 4.74 Å². The zero-order valence-electron chi connectivity index (χ0n) is 13.4. The summed E-state index contributed by atoms with van der Waals surface area (Å²) in [4.78, 5) is 0. The molecule has 1 heteroatoms. The maximum atomic E-state index is 5.77. The average molecular weight is 290 g/mol. The van der Waals surface area contributed by atoms with Crippen LogP contribution in [-0.2, 0) is 4.74 Å². The maximum absolute atomic E-state index is 5.77. The first kappa shape index (κ1) is 14.6. The van der Waals surface area contributed by atoms with E-state index in [2.05, 4.69) is 51.8 Å². The highest BCUT2D eigenvalue weighted by Gasteiger charge is 2.32. The lowest BCUT2D eigenvalue weighted by Crippen LogP contribution is -2.00. The van der Waals surface area contributed by atoms with Crippen molar-refractivity contribution in [3.05, 3.63) is 77.6 Å². The molecule has 0 radical (unpaired) electrons. The smallest absolute Gasteiger partial charge is 0.137 e. The summed E-state index contributed by atoms with van der Waals surface area (Å²) in [6.07, 6.45) is 8.18. The molecule has 1 saturated carbocycles. The largest absolute Gasteiger partial charge is 0.465 e. The molecule has 1 nitrogen and oxygen atoms in total. The van der Waals surface area contributed by atoms with Gasteiger partial charge < -0.3 is 4.74 Å². The highest BCUT2D eigenvalue weighted by atomic mass is 16.5. The van der Waals surface area contributed by atoms with E-state index < -0.39 is 0 Å². The molecule has 2 aliphatic rings. The van der Waals surface area contributed by atoms with Crippen molar-refractivity contribution in [2.75, 3.05) is 0 Å². The molecule has 0 atom stereocenters. The number of hydrogen-bond acceptors (Lipinski definition) is 1. The second-order valence-corrected chi connectivity index (χ2v) is 6.06. The van der Waals surface area contributed by atoms with Gasteiger partial charge in [-0.25, -0.2) is 0 Å². The summed E-state index contributed by atoms with van der Waals surface area (Å²) in [6, 6.07) is 4.28. The predicted molar refractivity (Wildman–Crippen MR) is 95.0 cm³/mol. The standard InChI is InChI=1S/C21H22O/c1-6-17-13(3)8-11-18-20(17)19(16-9-10-16)12-14(4)15(5)21(18)22-7-2/h6-8,11-12,16H,1-2,4,9-10H2,3,5H3. The highest BCUT2D eigenvalue weighted by Crippen LogP contribution is 2.48. The second-order valence-electron chi connectivity index (χ2n) is 6.06. The van der Waals surface area contributed by atoms with Crippen LogP contribution < -0.4 is 0 Å². The summed E-state index contributed by atoms with van der Waals surface area (Å²) < 4.78 is 5.77. The first-order valence-electron chi connectivity index (χ1n) is 7.74. The van der Waals surface area contributed by atoms with E-state index in [1.54, 1.807) is 0 Å². The fraction of sp³-hybridized carbons (Fsp3) is 0.238. The third-order valence-corrected chi connectivity index (χ3v) is 4.57. The summed E-state index contributed by atoms with van der Waals surface area (Å²) in [5.74, 6) is 1.48. The SMILES string of the molecule is C=COC1=C(C)C(=C)C=C(C2CC2)c2c1ccc(C)c2C=C. The number of aryl methyl sites for hydroxylation is 1. The zero-order chi connectivity index (χ0) is 15.9. The van der Waals surface area contributed by atoms with Crippen molar-refractivity contribution in [1.82, 2.24) is 0 Å². The third-order valence-electron chi connectivity index (χ3n) is 4.57. The number of allylic oxidation sites excluding steroid dienone is 4. The number of fused-ring (bicyclic) bond motifs is 1. The van der Waals surface area contributed by atoms with Crippen LogP contribution in [0, 0.1) is 12.8 Å². The van der Waals surface area contributed by atoms with E-state index in [1.807, 2.05) is 6.08 Å². The normalized spacial score (nSPS) is 17.5. The van der Waals surface area contributed by atoms with Gasteiger partial charge in [0.15, 0.2) is 0 Å². The fourth-order valence-corrected chi connectivity index (χ4v) is 3.15. The third kappa shape index (κ3) is 2.27. The Morgan fingerprint density at radius 1 is 1.18 bits per heavy atom. The van der Waals surface area contributed by atoms with Gasteiger partial charge in [0.2, 0.25) is 0 Å². The Kier molecular flexibility index (Phi) is 3.66. The van der Waals surface area contributed by atoms with Crippen LogP contribution in [0.1, 0.15) is 42.0 Å². The van der Waals surface area contributed by atoms with Crippen LogP contribution >= 0.6 is 0 Å². The van der Waals surface area contributed by atoms with Crippen molar-refractivity contribution in [3.8, 4) is 0 Å². The Morgan fingerprint density at radius 2 is 1.91 bits per heavy atom. The number of rotatable bonds is 4. The maximum Gasteiger partial charge on any atom is 0.137 e. The van der Waals surface area contributed by atoms with Gasteiger partial charge in [0.25, 0.3) is 0 Å². The number of hydrogen-bond donors (Lipinski definition) is 0. The first-order chi connectivity index (χ1) is 10.6. The molecule has 0 aromatic heterocycles. The van der Waals surface area contributed by atoms with Gasteiger partial charge in [-0.05, 0) is 66.0 Å². The van der Waals surface area contributed by atoms with Crippen molar-refractivity contribution in [2.45, 2.75) is 26.7 Å². The van der Waals surface area contributed by atoms with Crippen LogP contribution in [0.25, 0.3) is 17.4 Å². The van der Waals surface area contributed by atoms with Gasteiger partial charge in [-0.15, -0.1) is 0 Å². The Hall–Kier alpha value is -2.28. The highest BCUT2D eigenvalue weighted by molar-refractivity contribution is 5.90. The van der Waals surface area contributed by atoms with Crippen LogP contribution in [0.3, 0.4) is 0 Å². The minimum Gasteiger partial charge on any atom is -0.465 e. The first-order valence-corrected chi connectivity index (χ1v) is 7.74. The van der Waals surface area contributed by atoms with E-state index in [4.69, 9.17) is 4.74 Å². The van der Waals surface area contributed by atoms with Gasteiger partial charge in [0, 0.05) is 5.56 Å². The predicted octanol–water partition coefficient (Wildman–Crippen LogP) is 5.89. The van der Waals surface area contributed by atoms with Gasteiger partial charge in [0.05, 0.1) is 6.26 Å². The molecule has 0 spiro atoms. The zero-order valence-corrected chi connectivity index (χ0v) is 13.4. The van der Waals surface area contributed by atoms with Crippen LogP contribution in [0.5, 0.6) is 0 Å². The van der Waals surface area contributed by atoms with E-state index in [9.17, 15) is 0 Å². The lowest BCUT2D eigenvalue weighted by atomic mass is 9.88. The molecule has 0 unspecified atom stereocenters. The molecule has 0 amide bonds. The van der Waals surface area contributed by atoms with Crippen LogP contribution in [-0.4, -0.2) is 0 Å². The summed E-state index contributed by atoms with van der Waals surface area (Å²) in [5.41, 5.74) is 8.27. The number of ether oxygens (including phenoxy) is 1. The van der Waals surface area contributed by atoms with Crippen molar-refractivity contribution in [1.29, 1.82) is 0 Å². The molecule has 1 aromatic rings. The quantitative estimate of drug-likeness (QED) is 0.628. The second kappa shape index (κ2) is 5.49.